The topological polar surface area (TPSA) is 14.2 Å². The second kappa shape index (κ2) is 5.29. The second-order valence-corrected chi connectivity index (χ2v) is 6.14. The number of nitrogens with zero attached hydrogens (tertiary/aromatic N) is 1. The molecule has 1 heterocycles. The molecule has 0 amide bonds. The number of hydrogen-bond acceptors (Lipinski definition) is 1. The van der Waals surface area contributed by atoms with Gasteiger partial charge in [-0.05, 0) is 35.6 Å². The van der Waals surface area contributed by atoms with Gasteiger partial charge in [0.25, 0.3) is 0 Å². The van der Waals surface area contributed by atoms with Gasteiger partial charge >= 0.3 is 0 Å². The molecule has 2 heteroatoms. The number of ether oxygens (including phenoxy) is 1. The Balaban J connectivity index is 2.03. The summed E-state index contributed by atoms with van der Waals surface area (Å²) in [5.74, 6) is 0.324. The quantitative estimate of drug-likeness (QED) is 0.694. The fraction of sp³-hybridized carbons (Fsp3) is 0.300. The molecule has 1 aliphatic rings. The van der Waals surface area contributed by atoms with Gasteiger partial charge in [-0.2, -0.15) is 0 Å². The largest absolute Gasteiger partial charge is 0.384 e. The Morgan fingerprint density at radius 2 is 1.82 bits per heavy atom. The van der Waals surface area contributed by atoms with Crippen molar-refractivity contribution in [2.45, 2.75) is 18.8 Å². The van der Waals surface area contributed by atoms with Crippen LogP contribution in [0.5, 0.6) is 0 Å². The summed E-state index contributed by atoms with van der Waals surface area (Å²) in [6.45, 7) is 0.734. The third-order valence-electron chi connectivity index (χ3n) is 5.01. The number of aryl methyl sites for hydroxylation is 2. The van der Waals surface area contributed by atoms with Crippen LogP contribution in [0.15, 0.2) is 48.5 Å². The third-order valence-corrected chi connectivity index (χ3v) is 5.01. The van der Waals surface area contributed by atoms with Gasteiger partial charge in [0.05, 0.1) is 6.61 Å². The van der Waals surface area contributed by atoms with E-state index in [1.54, 1.807) is 7.11 Å². The summed E-state index contributed by atoms with van der Waals surface area (Å²) in [5, 5.41) is 1.37. The van der Waals surface area contributed by atoms with Crippen LogP contribution in [-0.2, 0) is 24.6 Å². The fourth-order valence-electron chi connectivity index (χ4n) is 4.02. The molecule has 0 bridgehead atoms. The summed E-state index contributed by atoms with van der Waals surface area (Å²) in [6, 6.07) is 17.6. The monoisotopic (exact) mass is 291 g/mol. The lowest BCUT2D eigenvalue weighted by Gasteiger charge is -2.18. The maximum atomic E-state index is 5.60. The SMILES string of the molecule is COC[C@@H]1c2ccccc2CCc2c1c1ccccc1n2C. The van der Waals surface area contributed by atoms with E-state index < -0.39 is 0 Å². The molecule has 0 unspecified atom stereocenters. The van der Waals surface area contributed by atoms with E-state index in [1.807, 2.05) is 0 Å². The maximum absolute atomic E-state index is 5.60. The molecule has 0 N–H and O–H groups in total. The lowest BCUT2D eigenvalue weighted by atomic mass is 9.89. The van der Waals surface area contributed by atoms with Crippen LogP contribution in [-0.4, -0.2) is 18.3 Å². The molecule has 1 aliphatic carbocycles. The molecule has 4 rings (SSSR count). The molecule has 0 spiro atoms. The van der Waals surface area contributed by atoms with Crippen molar-refractivity contribution in [2.24, 2.45) is 7.05 Å². The number of aromatic nitrogens is 1. The average Bonchev–Trinajstić information content (AvgIpc) is 2.73. The van der Waals surface area contributed by atoms with Gasteiger partial charge in [-0.25, -0.2) is 0 Å². The van der Waals surface area contributed by atoms with Crippen LogP contribution in [0, 0.1) is 0 Å². The van der Waals surface area contributed by atoms with Crippen molar-refractivity contribution in [1.82, 2.24) is 4.57 Å². The smallest absolute Gasteiger partial charge is 0.0572 e. The molecule has 2 aromatic carbocycles. The molecule has 0 saturated carbocycles. The molecule has 112 valence electrons. The van der Waals surface area contributed by atoms with Gasteiger partial charge in [0.15, 0.2) is 0 Å². The number of fused-ring (bicyclic) bond motifs is 4. The van der Waals surface area contributed by atoms with Gasteiger partial charge in [-0.1, -0.05) is 42.5 Å². The standard InChI is InChI=1S/C20H21NO/c1-21-18-10-6-5-9-16(18)20-17(13-22-2)15-8-4-3-7-14(15)11-12-19(20)21/h3-10,17H,11-13H2,1-2H3/t17-/m1/s1. The van der Waals surface area contributed by atoms with Crippen LogP contribution < -0.4 is 0 Å². The van der Waals surface area contributed by atoms with Crippen molar-refractivity contribution in [3.8, 4) is 0 Å². The minimum atomic E-state index is 0.324. The van der Waals surface area contributed by atoms with Gasteiger partial charge in [0, 0.05) is 36.7 Å². The van der Waals surface area contributed by atoms with Crippen LogP contribution in [0.4, 0.5) is 0 Å². The Morgan fingerprint density at radius 1 is 1.05 bits per heavy atom. The first kappa shape index (κ1) is 13.6. The molecular weight excluding hydrogens is 270 g/mol. The summed E-state index contributed by atoms with van der Waals surface area (Å²) < 4.78 is 7.97. The minimum absolute atomic E-state index is 0.324. The zero-order chi connectivity index (χ0) is 15.1. The number of hydrogen-bond donors (Lipinski definition) is 0. The van der Waals surface area contributed by atoms with Gasteiger partial charge in [0.2, 0.25) is 0 Å². The first-order chi connectivity index (χ1) is 10.8. The maximum Gasteiger partial charge on any atom is 0.0572 e. The zero-order valence-electron chi connectivity index (χ0n) is 13.2. The number of para-hydroxylation sites is 1. The highest BCUT2D eigenvalue weighted by Gasteiger charge is 2.28. The predicted molar refractivity (Wildman–Crippen MR) is 90.5 cm³/mol. The van der Waals surface area contributed by atoms with E-state index in [9.17, 15) is 0 Å². The molecule has 2 nitrogen and oxygen atoms in total. The summed E-state index contributed by atoms with van der Waals surface area (Å²) >= 11 is 0. The highest BCUT2D eigenvalue weighted by molar-refractivity contribution is 5.87. The minimum Gasteiger partial charge on any atom is -0.384 e. The predicted octanol–water partition coefficient (Wildman–Crippen LogP) is 4.06. The Hall–Kier alpha value is -2.06. The van der Waals surface area contributed by atoms with E-state index in [-0.39, 0.29) is 0 Å². The van der Waals surface area contributed by atoms with Crippen molar-refractivity contribution < 1.29 is 4.74 Å². The van der Waals surface area contributed by atoms with Crippen molar-refractivity contribution in [2.75, 3.05) is 13.7 Å². The molecule has 1 atom stereocenters. The second-order valence-electron chi connectivity index (χ2n) is 6.14. The number of methoxy groups -OCH3 is 1. The first-order valence-corrected chi connectivity index (χ1v) is 7.94. The van der Waals surface area contributed by atoms with E-state index in [1.165, 1.54) is 33.3 Å². The Labute approximate surface area is 131 Å². The molecule has 0 fully saturated rings. The van der Waals surface area contributed by atoms with E-state index in [2.05, 4.69) is 60.1 Å². The molecule has 22 heavy (non-hydrogen) atoms. The highest BCUT2D eigenvalue weighted by Crippen LogP contribution is 2.39. The lowest BCUT2D eigenvalue weighted by Crippen LogP contribution is -2.10. The third kappa shape index (κ3) is 1.91. The number of benzene rings is 2. The van der Waals surface area contributed by atoms with Crippen molar-refractivity contribution >= 4 is 10.9 Å². The zero-order valence-corrected chi connectivity index (χ0v) is 13.2. The number of rotatable bonds is 2. The van der Waals surface area contributed by atoms with Crippen LogP contribution in [0.2, 0.25) is 0 Å². The lowest BCUT2D eigenvalue weighted by molar-refractivity contribution is 0.189. The van der Waals surface area contributed by atoms with Crippen molar-refractivity contribution in [3.05, 3.63) is 70.9 Å². The highest BCUT2D eigenvalue weighted by atomic mass is 16.5. The van der Waals surface area contributed by atoms with Gasteiger partial charge in [-0.15, -0.1) is 0 Å². The Morgan fingerprint density at radius 3 is 2.68 bits per heavy atom. The fourth-order valence-corrected chi connectivity index (χ4v) is 4.02. The average molecular weight is 291 g/mol. The molecule has 3 aromatic rings. The van der Waals surface area contributed by atoms with Crippen molar-refractivity contribution in [3.63, 3.8) is 0 Å². The summed E-state index contributed by atoms with van der Waals surface area (Å²) in [7, 11) is 4.00. The van der Waals surface area contributed by atoms with E-state index >= 15 is 0 Å². The Kier molecular flexibility index (Phi) is 3.27. The molecular formula is C20H21NO. The van der Waals surface area contributed by atoms with E-state index in [0.29, 0.717) is 5.92 Å². The molecule has 0 radical (unpaired) electrons. The van der Waals surface area contributed by atoms with Crippen LogP contribution >= 0.6 is 0 Å². The van der Waals surface area contributed by atoms with Gasteiger partial charge in [0.1, 0.15) is 0 Å². The van der Waals surface area contributed by atoms with Gasteiger partial charge in [-0.3, -0.25) is 0 Å². The van der Waals surface area contributed by atoms with Crippen LogP contribution in [0.1, 0.15) is 28.3 Å². The summed E-state index contributed by atoms with van der Waals surface area (Å²) in [6.07, 6.45) is 2.20. The Bertz CT molecular complexity index is 831. The van der Waals surface area contributed by atoms with Crippen LogP contribution in [0.3, 0.4) is 0 Å². The van der Waals surface area contributed by atoms with E-state index in [0.717, 1.165) is 19.4 Å². The normalized spacial score (nSPS) is 17.1. The summed E-state index contributed by atoms with van der Waals surface area (Å²) in [4.78, 5) is 0. The van der Waals surface area contributed by atoms with E-state index in [4.69, 9.17) is 4.74 Å². The van der Waals surface area contributed by atoms with Crippen LogP contribution in [0.25, 0.3) is 10.9 Å². The van der Waals surface area contributed by atoms with Crippen molar-refractivity contribution in [1.29, 1.82) is 0 Å². The first-order valence-electron chi connectivity index (χ1n) is 7.94. The molecule has 0 saturated heterocycles. The molecule has 0 aliphatic heterocycles. The van der Waals surface area contributed by atoms with Gasteiger partial charge < -0.3 is 9.30 Å². The summed E-state index contributed by atoms with van der Waals surface area (Å²) in [5.41, 5.74) is 7.14. The molecule has 1 aromatic heterocycles.